The van der Waals surface area contributed by atoms with Gasteiger partial charge in [0.25, 0.3) is 11.8 Å². The van der Waals surface area contributed by atoms with Crippen LogP contribution in [0.3, 0.4) is 0 Å². The topological polar surface area (TPSA) is 107 Å². The summed E-state index contributed by atoms with van der Waals surface area (Å²) in [6, 6.07) is 15.1. The molecule has 1 atom stereocenters. The third-order valence-electron chi connectivity index (χ3n) is 5.86. The molecule has 1 aliphatic heterocycles. The third kappa shape index (κ3) is 5.46. The molecule has 0 unspecified atom stereocenters. The lowest BCUT2D eigenvalue weighted by atomic mass is 10.0. The Morgan fingerprint density at radius 2 is 1.39 bits per heavy atom. The van der Waals surface area contributed by atoms with Crippen molar-refractivity contribution in [2.45, 2.75) is 19.9 Å². The number of imide groups is 1. The summed E-state index contributed by atoms with van der Waals surface area (Å²) in [7, 11) is 0. The van der Waals surface area contributed by atoms with Gasteiger partial charge in [0.1, 0.15) is 11.8 Å². The first-order valence-electron chi connectivity index (χ1n) is 11.5. The van der Waals surface area contributed by atoms with Crippen LogP contribution in [0.1, 0.15) is 55.3 Å². The van der Waals surface area contributed by atoms with E-state index in [-0.39, 0.29) is 33.0 Å². The predicted octanol–water partition coefficient (Wildman–Crippen LogP) is 5.26. The van der Waals surface area contributed by atoms with E-state index < -0.39 is 48.1 Å². The Hall–Kier alpha value is -4.01. The van der Waals surface area contributed by atoms with E-state index in [4.69, 9.17) is 32.7 Å². The van der Waals surface area contributed by atoms with E-state index >= 15 is 0 Å². The standard InChI is InChI=1S/C28H21Cl2NO7/c1-15(2)24(31-25(33)19-5-3-4-6-20(19)26(31)34)28(36)37-14-23(32)16-7-10-18(11-8-16)38-27(35)17-9-12-21(29)22(30)13-17/h3-13,15,24H,14H2,1-2H3/t24-/m0/s1. The number of ketones is 1. The van der Waals surface area contributed by atoms with E-state index in [2.05, 4.69) is 0 Å². The summed E-state index contributed by atoms with van der Waals surface area (Å²) < 4.78 is 10.5. The number of hydrogen-bond donors (Lipinski definition) is 0. The third-order valence-corrected chi connectivity index (χ3v) is 6.60. The molecule has 38 heavy (non-hydrogen) atoms. The van der Waals surface area contributed by atoms with Gasteiger partial charge in [0.2, 0.25) is 0 Å². The number of fused-ring (bicyclic) bond motifs is 1. The Morgan fingerprint density at radius 1 is 0.816 bits per heavy atom. The largest absolute Gasteiger partial charge is 0.456 e. The Morgan fingerprint density at radius 3 is 1.95 bits per heavy atom. The molecule has 0 aliphatic carbocycles. The summed E-state index contributed by atoms with van der Waals surface area (Å²) >= 11 is 11.8. The highest BCUT2D eigenvalue weighted by Crippen LogP contribution is 2.28. The van der Waals surface area contributed by atoms with Crippen molar-refractivity contribution < 1.29 is 33.4 Å². The number of nitrogens with zero attached hydrogens (tertiary/aromatic N) is 1. The van der Waals surface area contributed by atoms with E-state index in [0.717, 1.165) is 4.90 Å². The van der Waals surface area contributed by atoms with Crippen LogP contribution in [0.4, 0.5) is 0 Å². The monoisotopic (exact) mass is 553 g/mol. The lowest BCUT2D eigenvalue weighted by molar-refractivity contribution is -0.148. The van der Waals surface area contributed by atoms with Crippen LogP contribution in [0.25, 0.3) is 0 Å². The molecule has 0 radical (unpaired) electrons. The average molecular weight is 554 g/mol. The van der Waals surface area contributed by atoms with Crippen molar-refractivity contribution in [3.63, 3.8) is 0 Å². The number of carbonyl (C=O) groups excluding carboxylic acids is 5. The molecule has 3 aromatic rings. The van der Waals surface area contributed by atoms with E-state index in [0.29, 0.717) is 5.02 Å². The molecule has 4 rings (SSSR count). The van der Waals surface area contributed by atoms with Gasteiger partial charge in [-0.15, -0.1) is 0 Å². The van der Waals surface area contributed by atoms with Crippen molar-refractivity contribution in [3.8, 4) is 5.75 Å². The van der Waals surface area contributed by atoms with Gasteiger partial charge < -0.3 is 9.47 Å². The summed E-state index contributed by atoms with van der Waals surface area (Å²) in [4.78, 5) is 64.4. The molecule has 8 nitrogen and oxygen atoms in total. The molecule has 1 heterocycles. The highest BCUT2D eigenvalue weighted by molar-refractivity contribution is 6.42. The first-order valence-corrected chi connectivity index (χ1v) is 12.3. The van der Waals surface area contributed by atoms with Gasteiger partial charge in [-0.25, -0.2) is 9.59 Å². The number of esters is 2. The molecule has 0 N–H and O–H groups in total. The van der Waals surface area contributed by atoms with Gasteiger partial charge in [0, 0.05) is 5.56 Å². The number of rotatable bonds is 8. The number of amides is 2. The maximum Gasteiger partial charge on any atom is 0.343 e. The summed E-state index contributed by atoms with van der Waals surface area (Å²) in [5, 5.41) is 0.509. The van der Waals surface area contributed by atoms with Crippen molar-refractivity contribution in [1.82, 2.24) is 4.90 Å². The lowest BCUT2D eigenvalue weighted by Gasteiger charge is -2.27. The first kappa shape index (κ1) is 27.0. The summed E-state index contributed by atoms with van der Waals surface area (Å²) in [5.74, 6) is -3.49. The summed E-state index contributed by atoms with van der Waals surface area (Å²) in [5.41, 5.74) is 0.831. The fraction of sp³-hybridized carbons (Fsp3) is 0.179. The molecule has 2 amide bonds. The molecule has 0 saturated carbocycles. The van der Waals surface area contributed by atoms with E-state index in [1.807, 2.05) is 0 Å². The SMILES string of the molecule is CC(C)[C@@H](C(=O)OCC(=O)c1ccc(OC(=O)c2ccc(Cl)c(Cl)c2)cc1)N1C(=O)c2ccccc2C1=O. The van der Waals surface area contributed by atoms with Crippen molar-refractivity contribution >= 4 is 52.7 Å². The molecule has 194 valence electrons. The van der Waals surface area contributed by atoms with E-state index in [1.54, 1.807) is 26.0 Å². The number of hydrogen-bond acceptors (Lipinski definition) is 7. The zero-order valence-corrected chi connectivity index (χ0v) is 21.8. The van der Waals surface area contributed by atoms with Crippen LogP contribution in [-0.2, 0) is 9.53 Å². The smallest absolute Gasteiger partial charge is 0.343 e. The van der Waals surface area contributed by atoms with Gasteiger partial charge in [0.15, 0.2) is 12.4 Å². The van der Waals surface area contributed by atoms with Crippen LogP contribution in [0, 0.1) is 5.92 Å². The number of Topliss-reactive ketones (excluding diaryl/α,β-unsaturated/α-hetero) is 1. The maximum absolute atomic E-state index is 12.9. The van der Waals surface area contributed by atoms with E-state index in [1.165, 1.54) is 54.6 Å². The van der Waals surface area contributed by atoms with Crippen molar-refractivity contribution in [2.24, 2.45) is 5.92 Å². The molecule has 10 heteroatoms. The normalized spacial score (nSPS) is 13.3. The van der Waals surface area contributed by atoms with Gasteiger partial charge >= 0.3 is 11.9 Å². The minimum absolute atomic E-state index is 0.181. The van der Waals surface area contributed by atoms with Crippen LogP contribution < -0.4 is 4.74 Å². The predicted molar refractivity (Wildman–Crippen MR) is 139 cm³/mol. The number of ether oxygens (including phenoxy) is 2. The highest BCUT2D eigenvalue weighted by atomic mass is 35.5. The quantitative estimate of drug-likeness (QED) is 0.162. The van der Waals surface area contributed by atoms with Crippen molar-refractivity contribution in [3.05, 3.63) is 99.0 Å². The number of benzene rings is 3. The maximum atomic E-state index is 12.9. The van der Waals surface area contributed by atoms with Crippen molar-refractivity contribution in [2.75, 3.05) is 6.61 Å². The zero-order valence-electron chi connectivity index (χ0n) is 20.3. The van der Waals surface area contributed by atoms with Gasteiger partial charge in [0.05, 0.1) is 26.7 Å². The fourth-order valence-electron chi connectivity index (χ4n) is 3.94. The number of halogens is 2. The minimum atomic E-state index is -1.20. The second-order valence-corrected chi connectivity index (χ2v) is 9.60. The molecular weight excluding hydrogens is 533 g/mol. The van der Waals surface area contributed by atoms with Gasteiger partial charge in [-0.3, -0.25) is 19.3 Å². The second-order valence-electron chi connectivity index (χ2n) is 8.79. The van der Waals surface area contributed by atoms with Crippen LogP contribution >= 0.6 is 23.2 Å². The molecule has 0 aromatic heterocycles. The Kier molecular flexibility index (Phi) is 7.94. The van der Waals surface area contributed by atoms with E-state index in [9.17, 15) is 24.0 Å². The molecule has 0 bridgehead atoms. The Bertz CT molecular complexity index is 1410. The van der Waals surface area contributed by atoms with Gasteiger partial charge in [-0.2, -0.15) is 0 Å². The molecule has 0 fully saturated rings. The zero-order chi connectivity index (χ0) is 27.6. The molecular formula is C28H21Cl2NO7. The Balaban J connectivity index is 1.38. The molecule has 0 saturated heterocycles. The summed E-state index contributed by atoms with van der Waals surface area (Å²) in [6.45, 7) is 2.75. The van der Waals surface area contributed by atoms with Crippen LogP contribution in [0.5, 0.6) is 5.75 Å². The van der Waals surface area contributed by atoms with Crippen LogP contribution in [-0.4, -0.2) is 47.1 Å². The van der Waals surface area contributed by atoms with Crippen LogP contribution in [0.15, 0.2) is 66.7 Å². The molecule has 0 spiro atoms. The first-order chi connectivity index (χ1) is 18.1. The van der Waals surface area contributed by atoms with Crippen molar-refractivity contribution in [1.29, 1.82) is 0 Å². The summed E-state index contributed by atoms with van der Waals surface area (Å²) in [6.07, 6.45) is 0. The second kappa shape index (κ2) is 11.2. The number of carbonyl (C=O) groups is 5. The lowest BCUT2D eigenvalue weighted by Crippen LogP contribution is -2.49. The molecule has 1 aliphatic rings. The molecule has 3 aromatic carbocycles. The highest BCUT2D eigenvalue weighted by Gasteiger charge is 2.44. The van der Waals surface area contributed by atoms with Crippen LogP contribution in [0.2, 0.25) is 10.0 Å². The average Bonchev–Trinajstić information content (AvgIpc) is 3.14. The van der Waals surface area contributed by atoms with Gasteiger partial charge in [-0.1, -0.05) is 49.2 Å². The fourth-order valence-corrected chi connectivity index (χ4v) is 4.24. The Labute approximate surface area is 228 Å². The van der Waals surface area contributed by atoms with Gasteiger partial charge in [-0.05, 0) is 60.5 Å². The minimum Gasteiger partial charge on any atom is -0.456 e.